The average molecular weight is 426 g/mol. The minimum atomic E-state index is -1.03. The number of aliphatic hydroxyl groups is 1. The van der Waals surface area contributed by atoms with E-state index in [1.165, 1.54) is 35.2 Å². The molecule has 2 fully saturated rings. The molecule has 0 aliphatic carbocycles. The number of halogens is 1. The Morgan fingerprint density at radius 3 is 2.61 bits per heavy atom. The van der Waals surface area contributed by atoms with Gasteiger partial charge in [0.15, 0.2) is 0 Å². The van der Waals surface area contributed by atoms with Crippen molar-refractivity contribution in [3.63, 3.8) is 0 Å². The van der Waals surface area contributed by atoms with Crippen molar-refractivity contribution in [1.29, 1.82) is 0 Å². The van der Waals surface area contributed by atoms with Gasteiger partial charge >= 0.3 is 0 Å². The van der Waals surface area contributed by atoms with Gasteiger partial charge in [0.2, 0.25) is 0 Å². The Kier molecular flexibility index (Phi) is 5.51. The van der Waals surface area contributed by atoms with Crippen molar-refractivity contribution < 1.29 is 28.7 Å². The van der Waals surface area contributed by atoms with Crippen LogP contribution in [0.1, 0.15) is 30.0 Å². The van der Waals surface area contributed by atoms with Crippen LogP contribution in [0, 0.1) is 15.9 Å². The predicted molar refractivity (Wildman–Crippen MR) is 107 cm³/mol. The second-order valence-corrected chi connectivity index (χ2v) is 7.45. The van der Waals surface area contributed by atoms with Gasteiger partial charge in [-0.05, 0) is 42.7 Å². The molecular formula is C22H19FN2O6. The molecule has 2 aromatic rings. The van der Waals surface area contributed by atoms with Gasteiger partial charge in [-0.3, -0.25) is 19.7 Å². The lowest BCUT2D eigenvalue weighted by atomic mass is 9.95. The highest BCUT2D eigenvalue weighted by atomic mass is 19.1. The first-order chi connectivity index (χ1) is 14.9. The number of carbonyl (C=O) groups excluding carboxylic acids is 2. The topological polar surface area (TPSA) is 110 Å². The van der Waals surface area contributed by atoms with Crippen LogP contribution in [0.2, 0.25) is 0 Å². The minimum absolute atomic E-state index is 0.109. The number of benzene rings is 2. The number of aliphatic hydroxyl groups excluding tert-OH is 1. The summed E-state index contributed by atoms with van der Waals surface area (Å²) in [6, 6.07) is 9.40. The van der Waals surface area contributed by atoms with Gasteiger partial charge in [-0.1, -0.05) is 12.1 Å². The van der Waals surface area contributed by atoms with E-state index >= 15 is 0 Å². The van der Waals surface area contributed by atoms with Crippen LogP contribution >= 0.6 is 0 Å². The van der Waals surface area contributed by atoms with Crippen molar-refractivity contribution in [3.8, 4) is 0 Å². The maximum Gasteiger partial charge on any atom is 0.295 e. The Labute approximate surface area is 176 Å². The third-order valence-corrected chi connectivity index (χ3v) is 5.48. The number of amides is 1. The number of likely N-dealkylation sites (tertiary alicyclic amines) is 1. The highest BCUT2D eigenvalue weighted by Crippen LogP contribution is 2.40. The SMILES string of the molecule is O=C1C(=O)N(C[C@H]2CCCO2)[C@@H](c2cccc([N+](=O)[O-])c2)C1=C(O)c1ccc(F)cc1. The monoisotopic (exact) mass is 426 g/mol. The molecule has 0 aromatic heterocycles. The molecule has 2 atom stereocenters. The van der Waals surface area contributed by atoms with Crippen LogP contribution in [0.3, 0.4) is 0 Å². The fraction of sp³-hybridized carbons (Fsp3) is 0.273. The summed E-state index contributed by atoms with van der Waals surface area (Å²) in [5, 5.41) is 22.1. The van der Waals surface area contributed by atoms with Crippen molar-refractivity contribution >= 4 is 23.1 Å². The van der Waals surface area contributed by atoms with Gasteiger partial charge in [-0.2, -0.15) is 0 Å². The lowest BCUT2D eigenvalue weighted by molar-refractivity contribution is -0.384. The largest absolute Gasteiger partial charge is 0.507 e. The van der Waals surface area contributed by atoms with Crippen molar-refractivity contribution in [3.05, 3.63) is 81.2 Å². The molecule has 0 unspecified atom stereocenters. The third kappa shape index (κ3) is 3.91. The van der Waals surface area contributed by atoms with E-state index in [2.05, 4.69) is 0 Å². The molecule has 0 radical (unpaired) electrons. The fourth-order valence-electron chi connectivity index (χ4n) is 3.99. The molecule has 2 aromatic carbocycles. The lowest BCUT2D eigenvalue weighted by Gasteiger charge is -2.27. The van der Waals surface area contributed by atoms with E-state index in [0.717, 1.165) is 18.6 Å². The predicted octanol–water partition coefficient (Wildman–Crippen LogP) is 3.33. The van der Waals surface area contributed by atoms with Crippen LogP contribution in [0.15, 0.2) is 54.1 Å². The van der Waals surface area contributed by atoms with Crippen LogP contribution in [-0.2, 0) is 14.3 Å². The normalized spacial score (nSPS) is 22.8. The van der Waals surface area contributed by atoms with Gasteiger partial charge in [0.05, 0.1) is 22.6 Å². The summed E-state index contributed by atoms with van der Waals surface area (Å²) in [6.07, 6.45) is 1.26. The number of ketones is 1. The van der Waals surface area contributed by atoms with E-state index in [9.17, 15) is 29.2 Å². The van der Waals surface area contributed by atoms with Gasteiger partial charge < -0.3 is 14.7 Å². The van der Waals surface area contributed by atoms with Gasteiger partial charge in [-0.25, -0.2) is 4.39 Å². The maximum absolute atomic E-state index is 13.3. The number of nitrogens with zero attached hydrogens (tertiary/aromatic N) is 2. The molecule has 1 N–H and O–H groups in total. The van der Waals surface area contributed by atoms with Crippen LogP contribution in [0.4, 0.5) is 10.1 Å². The molecule has 2 saturated heterocycles. The van der Waals surface area contributed by atoms with Gasteiger partial charge in [0.25, 0.3) is 17.4 Å². The van der Waals surface area contributed by atoms with E-state index in [1.54, 1.807) is 6.07 Å². The Morgan fingerprint density at radius 1 is 1.23 bits per heavy atom. The molecular weight excluding hydrogens is 407 g/mol. The van der Waals surface area contributed by atoms with Crippen molar-refractivity contribution in [1.82, 2.24) is 4.90 Å². The molecule has 0 bridgehead atoms. The van der Waals surface area contributed by atoms with Crippen LogP contribution in [-0.4, -0.2) is 45.9 Å². The second kappa shape index (κ2) is 8.27. The smallest absolute Gasteiger partial charge is 0.295 e. The van der Waals surface area contributed by atoms with E-state index in [4.69, 9.17) is 4.74 Å². The zero-order valence-corrected chi connectivity index (χ0v) is 16.4. The molecule has 9 heteroatoms. The first-order valence-electron chi connectivity index (χ1n) is 9.77. The summed E-state index contributed by atoms with van der Waals surface area (Å²) in [5.41, 5.74) is 0.0686. The molecule has 2 aliphatic heterocycles. The molecule has 1 amide bonds. The van der Waals surface area contributed by atoms with Gasteiger partial charge in [0, 0.05) is 30.8 Å². The van der Waals surface area contributed by atoms with E-state index in [-0.39, 0.29) is 29.5 Å². The zero-order chi connectivity index (χ0) is 22.1. The van der Waals surface area contributed by atoms with Crippen LogP contribution < -0.4 is 0 Å². The van der Waals surface area contributed by atoms with E-state index < -0.39 is 34.2 Å². The number of non-ortho nitro benzene ring substituents is 1. The lowest BCUT2D eigenvalue weighted by Crippen LogP contribution is -2.36. The van der Waals surface area contributed by atoms with E-state index in [0.29, 0.717) is 18.6 Å². The maximum atomic E-state index is 13.3. The highest BCUT2D eigenvalue weighted by molar-refractivity contribution is 6.46. The summed E-state index contributed by atoms with van der Waals surface area (Å²) in [4.78, 5) is 37.8. The summed E-state index contributed by atoms with van der Waals surface area (Å²) < 4.78 is 18.9. The molecule has 8 nitrogen and oxygen atoms in total. The number of hydrogen-bond donors (Lipinski definition) is 1. The minimum Gasteiger partial charge on any atom is -0.507 e. The van der Waals surface area contributed by atoms with Crippen molar-refractivity contribution in [2.75, 3.05) is 13.2 Å². The number of carbonyl (C=O) groups is 2. The number of Topliss-reactive ketones (excluding diaryl/α,β-unsaturated/α-hetero) is 1. The second-order valence-electron chi connectivity index (χ2n) is 7.45. The quantitative estimate of drug-likeness (QED) is 0.258. The standard InChI is InChI=1S/C22H19FN2O6/c23-15-8-6-13(7-9-15)20(26)18-19(14-3-1-4-16(11-14)25(29)30)24(22(28)21(18)27)12-17-5-2-10-31-17/h1,3-4,6-9,11,17,19,26H,2,5,10,12H2/t17-,19+/m1/s1. The van der Waals surface area contributed by atoms with Gasteiger partial charge in [0.1, 0.15) is 11.6 Å². The number of nitro benzene ring substituents is 1. The Bertz CT molecular complexity index is 1080. The Hall–Kier alpha value is -3.59. The summed E-state index contributed by atoms with van der Waals surface area (Å²) in [6.45, 7) is 0.657. The Morgan fingerprint density at radius 2 is 1.97 bits per heavy atom. The first kappa shape index (κ1) is 20.7. The number of nitro groups is 1. The fourth-order valence-corrected chi connectivity index (χ4v) is 3.99. The van der Waals surface area contributed by atoms with Crippen LogP contribution in [0.25, 0.3) is 5.76 Å². The summed E-state index contributed by atoms with van der Waals surface area (Å²) >= 11 is 0. The third-order valence-electron chi connectivity index (χ3n) is 5.48. The molecule has 2 aliphatic rings. The zero-order valence-electron chi connectivity index (χ0n) is 16.4. The summed E-state index contributed by atoms with van der Waals surface area (Å²) in [5.74, 6) is -2.72. The van der Waals surface area contributed by atoms with Crippen LogP contribution in [0.5, 0.6) is 0 Å². The first-order valence-corrected chi connectivity index (χ1v) is 9.77. The highest BCUT2D eigenvalue weighted by Gasteiger charge is 2.47. The Balaban J connectivity index is 1.85. The molecule has 0 saturated carbocycles. The molecule has 0 spiro atoms. The molecule has 160 valence electrons. The van der Waals surface area contributed by atoms with E-state index in [1.807, 2.05) is 0 Å². The van der Waals surface area contributed by atoms with Crippen molar-refractivity contribution in [2.45, 2.75) is 25.0 Å². The average Bonchev–Trinajstić information content (AvgIpc) is 3.36. The number of rotatable bonds is 5. The molecule has 2 heterocycles. The number of ether oxygens (including phenoxy) is 1. The van der Waals surface area contributed by atoms with Gasteiger partial charge in [-0.15, -0.1) is 0 Å². The van der Waals surface area contributed by atoms with Crippen molar-refractivity contribution in [2.24, 2.45) is 0 Å². The molecule has 4 rings (SSSR count). The molecule has 31 heavy (non-hydrogen) atoms. The number of hydrogen-bond acceptors (Lipinski definition) is 6. The summed E-state index contributed by atoms with van der Waals surface area (Å²) in [7, 11) is 0.